The van der Waals surface area contributed by atoms with Gasteiger partial charge in [-0.05, 0) is 104 Å². The number of rotatable bonds is 6. The van der Waals surface area contributed by atoms with Crippen LogP contribution in [0.1, 0.15) is 44.5 Å². The van der Waals surface area contributed by atoms with Crippen molar-refractivity contribution in [2.24, 2.45) is 0 Å². The van der Waals surface area contributed by atoms with E-state index in [-0.39, 0.29) is 0 Å². The molecule has 5 heteroatoms. The SMILES string of the molecule is Cc1cc(C)c(C2=CC=CC(C=P(c3ccccc3)(c3ccccc3)c3cccc(Cl)c3Cl)(c3c(C)cc(C)cc3C)C2=C2NCCN2)c(C)c1. The zero-order valence-corrected chi connectivity index (χ0v) is 32.6. The van der Waals surface area contributed by atoms with Gasteiger partial charge in [-0.1, -0.05) is 155 Å². The Morgan fingerprint density at radius 2 is 1.18 bits per heavy atom. The third-order valence-electron chi connectivity index (χ3n) is 10.4. The van der Waals surface area contributed by atoms with Crippen molar-refractivity contribution in [3.63, 3.8) is 0 Å². The van der Waals surface area contributed by atoms with Gasteiger partial charge in [-0.3, -0.25) is 0 Å². The van der Waals surface area contributed by atoms with E-state index in [4.69, 9.17) is 23.2 Å². The zero-order valence-electron chi connectivity index (χ0n) is 30.2. The molecule has 1 aliphatic heterocycles. The summed E-state index contributed by atoms with van der Waals surface area (Å²) in [5.74, 6) is 3.75. The highest BCUT2D eigenvalue weighted by Gasteiger charge is 2.44. The molecule has 7 rings (SSSR count). The Bertz CT molecular complexity index is 2200. The molecule has 0 saturated carbocycles. The van der Waals surface area contributed by atoms with Gasteiger partial charge >= 0.3 is 0 Å². The fourth-order valence-corrected chi connectivity index (χ4v) is 13.8. The summed E-state index contributed by atoms with van der Waals surface area (Å²) in [6.45, 7) is 12.4. The monoisotopic (exact) mass is 726 g/mol. The van der Waals surface area contributed by atoms with E-state index in [0.717, 1.165) is 24.2 Å². The first-order valence-electron chi connectivity index (χ1n) is 17.7. The van der Waals surface area contributed by atoms with E-state index < -0.39 is 12.3 Å². The van der Waals surface area contributed by atoms with Crippen molar-refractivity contribution >= 4 is 57.4 Å². The largest absolute Gasteiger partial charge is 0.370 e. The van der Waals surface area contributed by atoms with Gasteiger partial charge in [-0.2, -0.15) is 0 Å². The van der Waals surface area contributed by atoms with Crippen LogP contribution >= 0.6 is 30.1 Å². The Balaban J connectivity index is 1.76. The van der Waals surface area contributed by atoms with Crippen LogP contribution in [0.2, 0.25) is 10.0 Å². The molecule has 2 N–H and O–H groups in total. The van der Waals surface area contributed by atoms with Crippen molar-refractivity contribution in [3.05, 3.63) is 187 Å². The van der Waals surface area contributed by atoms with E-state index in [0.29, 0.717) is 10.0 Å². The van der Waals surface area contributed by atoms with E-state index in [9.17, 15) is 0 Å². The molecule has 1 fully saturated rings. The van der Waals surface area contributed by atoms with Gasteiger partial charge in [0.25, 0.3) is 0 Å². The summed E-state index contributed by atoms with van der Waals surface area (Å²) in [4.78, 5) is 0. The van der Waals surface area contributed by atoms with Gasteiger partial charge in [0.2, 0.25) is 0 Å². The summed E-state index contributed by atoms with van der Waals surface area (Å²) in [5, 5.41) is 12.2. The predicted octanol–water partition coefficient (Wildman–Crippen LogP) is 9.94. The minimum absolute atomic E-state index is 0.555. The second kappa shape index (κ2) is 14.1. The molecule has 0 aromatic heterocycles. The van der Waals surface area contributed by atoms with Crippen LogP contribution in [0.5, 0.6) is 0 Å². The molecule has 1 aliphatic carbocycles. The van der Waals surface area contributed by atoms with Gasteiger partial charge < -0.3 is 10.6 Å². The Hall–Kier alpha value is -4.20. The van der Waals surface area contributed by atoms with Gasteiger partial charge in [-0.25, -0.2) is 0 Å². The molecule has 0 amide bonds. The zero-order chi connectivity index (χ0) is 35.9. The van der Waals surface area contributed by atoms with Crippen molar-refractivity contribution in [1.29, 1.82) is 0 Å². The number of hydrogen-bond donors (Lipinski definition) is 2. The van der Waals surface area contributed by atoms with E-state index in [1.165, 1.54) is 66.3 Å². The summed E-state index contributed by atoms with van der Waals surface area (Å²) >= 11 is 14.4. The molecule has 0 spiro atoms. The molecule has 1 atom stereocenters. The molecule has 5 aromatic carbocycles. The van der Waals surface area contributed by atoms with Crippen LogP contribution in [0, 0.1) is 41.5 Å². The Kier molecular flexibility index (Phi) is 9.72. The van der Waals surface area contributed by atoms with Crippen LogP contribution in [-0.2, 0) is 5.41 Å². The van der Waals surface area contributed by atoms with Crippen LogP contribution < -0.4 is 26.5 Å². The molecule has 51 heavy (non-hydrogen) atoms. The first-order valence-corrected chi connectivity index (χ1v) is 20.3. The second-order valence-electron chi connectivity index (χ2n) is 14.1. The van der Waals surface area contributed by atoms with E-state index in [1.807, 2.05) is 12.1 Å². The topological polar surface area (TPSA) is 24.1 Å². The molecule has 0 radical (unpaired) electrons. The third-order valence-corrected chi connectivity index (χ3v) is 15.5. The molecule has 0 bridgehead atoms. The summed E-state index contributed by atoms with van der Waals surface area (Å²) in [7, 11) is 0. The number of nitrogens with one attached hydrogen (secondary N) is 2. The number of allylic oxidation sites excluding steroid dienone is 5. The summed E-state index contributed by atoms with van der Waals surface area (Å²) in [5.41, 5.74) is 11.8. The molecular weight excluding hydrogens is 682 g/mol. The smallest absolute Gasteiger partial charge is 0.104 e. The van der Waals surface area contributed by atoms with E-state index >= 15 is 0 Å². The lowest BCUT2D eigenvalue weighted by atomic mass is 9.66. The lowest BCUT2D eigenvalue weighted by Gasteiger charge is -2.42. The van der Waals surface area contributed by atoms with Crippen molar-refractivity contribution in [3.8, 4) is 0 Å². The van der Waals surface area contributed by atoms with E-state index in [1.54, 1.807) is 0 Å². The molecular formula is C46H45Cl2N2P. The lowest BCUT2D eigenvalue weighted by molar-refractivity contribution is 0.809. The minimum Gasteiger partial charge on any atom is -0.370 e. The fraction of sp³-hybridized carbons (Fsp3) is 0.196. The summed E-state index contributed by atoms with van der Waals surface area (Å²) in [6, 6.07) is 37.3. The van der Waals surface area contributed by atoms with Crippen molar-refractivity contribution in [1.82, 2.24) is 10.6 Å². The Morgan fingerprint density at radius 3 is 1.73 bits per heavy atom. The molecule has 1 heterocycles. The predicted molar refractivity (Wildman–Crippen MR) is 224 cm³/mol. The van der Waals surface area contributed by atoms with Gasteiger partial charge in [0.1, 0.15) is 5.82 Å². The number of halogens is 2. The maximum absolute atomic E-state index is 7.42. The second-order valence-corrected chi connectivity index (χ2v) is 18.1. The van der Waals surface area contributed by atoms with Gasteiger partial charge in [-0.15, -0.1) is 0 Å². The van der Waals surface area contributed by atoms with Crippen LogP contribution in [0.3, 0.4) is 0 Å². The third kappa shape index (κ3) is 6.12. The van der Waals surface area contributed by atoms with Crippen LogP contribution in [0.4, 0.5) is 0 Å². The summed E-state index contributed by atoms with van der Waals surface area (Å²) in [6.07, 6.45) is 7.03. The first kappa shape index (κ1) is 35.2. The normalized spacial score (nSPS) is 17.2. The van der Waals surface area contributed by atoms with Crippen molar-refractivity contribution in [2.75, 3.05) is 13.1 Å². The number of aryl methyl sites for hydroxylation is 6. The average molecular weight is 728 g/mol. The van der Waals surface area contributed by atoms with Gasteiger partial charge in [0, 0.05) is 24.0 Å². The molecule has 1 unspecified atom stereocenters. The fourth-order valence-electron chi connectivity index (χ4n) is 8.71. The number of hydrogen-bond acceptors (Lipinski definition) is 2. The lowest BCUT2D eigenvalue weighted by Crippen LogP contribution is -2.40. The highest BCUT2D eigenvalue weighted by atomic mass is 35.5. The quantitative estimate of drug-likeness (QED) is 0.170. The van der Waals surface area contributed by atoms with Gasteiger partial charge in [0.15, 0.2) is 0 Å². The van der Waals surface area contributed by atoms with Crippen LogP contribution in [0.15, 0.2) is 133 Å². The standard InChI is InChI=1S/C46H45Cl2N2P/c1-30-25-32(3)41(33(4)26-30)38-19-14-22-46(43(38)45-49-23-24-50-45,42-34(5)27-31(2)28-35(42)6)29-51(36-15-9-7-10-16-36,37-17-11-8-12-18-37)40-21-13-20-39(47)44(40)48/h7-22,25-29,49-50H,23-24H2,1-6H3. The van der Waals surface area contributed by atoms with Crippen LogP contribution in [0.25, 0.3) is 5.57 Å². The number of benzene rings is 5. The Morgan fingerprint density at radius 1 is 0.647 bits per heavy atom. The van der Waals surface area contributed by atoms with Crippen LogP contribution in [-0.4, -0.2) is 18.9 Å². The maximum atomic E-state index is 7.42. The van der Waals surface area contributed by atoms with Gasteiger partial charge in [0.05, 0.1) is 15.5 Å². The molecule has 2 nitrogen and oxygen atoms in total. The van der Waals surface area contributed by atoms with Crippen molar-refractivity contribution in [2.45, 2.75) is 47.0 Å². The highest BCUT2D eigenvalue weighted by molar-refractivity contribution is 7.94. The molecule has 5 aromatic rings. The maximum Gasteiger partial charge on any atom is 0.104 e. The minimum atomic E-state index is -2.71. The molecule has 258 valence electrons. The molecule has 1 saturated heterocycles. The summed E-state index contributed by atoms with van der Waals surface area (Å²) < 4.78 is 0. The molecule has 2 aliphatic rings. The first-order chi connectivity index (χ1) is 24.6. The average Bonchev–Trinajstić information content (AvgIpc) is 3.63. The van der Waals surface area contributed by atoms with E-state index in [2.05, 4.69) is 167 Å². The van der Waals surface area contributed by atoms with Crippen molar-refractivity contribution < 1.29 is 0 Å². The Labute approximate surface area is 313 Å². The highest BCUT2D eigenvalue weighted by Crippen LogP contribution is 2.55.